The lowest BCUT2D eigenvalue weighted by Crippen LogP contribution is -2.35. The summed E-state index contributed by atoms with van der Waals surface area (Å²) in [4.78, 5) is 11.8. The number of rotatable bonds is 2. The first-order chi connectivity index (χ1) is 8.86. The number of amides is 1. The van der Waals surface area contributed by atoms with Crippen molar-refractivity contribution in [3.05, 3.63) is 29.8 Å². The van der Waals surface area contributed by atoms with E-state index in [1.807, 2.05) is 0 Å². The van der Waals surface area contributed by atoms with Crippen LogP contribution in [0.3, 0.4) is 0 Å². The number of carbonyl (C=O) groups excluding carboxylic acids is 1. The van der Waals surface area contributed by atoms with Crippen molar-refractivity contribution in [2.45, 2.75) is 24.7 Å². The molecule has 0 spiro atoms. The molecule has 0 bridgehead atoms. The van der Waals surface area contributed by atoms with Gasteiger partial charge in [-0.15, -0.1) is 0 Å². The number of β-amino-alcohol motifs (C(OH)–C–C–N with tert-alkyl or cyclic N) is 1. The van der Waals surface area contributed by atoms with Gasteiger partial charge in [-0.3, -0.25) is 4.79 Å². The van der Waals surface area contributed by atoms with E-state index in [0.717, 1.165) is 12.1 Å². The van der Waals surface area contributed by atoms with E-state index in [9.17, 15) is 23.1 Å². The summed E-state index contributed by atoms with van der Waals surface area (Å²) in [5, 5.41) is 14.5. The summed E-state index contributed by atoms with van der Waals surface area (Å²) in [6, 6.07) is 3.86. The maximum Gasteiger partial charge on any atom is 0.416 e. The number of hydrogen-bond acceptors (Lipinski definition) is 3. The lowest BCUT2D eigenvalue weighted by Gasteiger charge is -2.13. The van der Waals surface area contributed by atoms with Crippen LogP contribution >= 0.6 is 0 Å². The van der Waals surface area contributed by atoms with Crippen LogP contribution in [0.15, 0.2) is 24.3 Å². The average molecular weight is 274 g/mol. The molecule has 1 aliphatic rings. The minimum atomic E-state index is -4.44. The van der Waals surface area contributed by atoms with Crippen LogP contribution in [0, 0.1) is 0 Å². The van der Waals surface area contributed by atoms with E-state index >= 15 is 0 Å². The molecule has 7 heteroatoms. The zero-order valence-corrected chi connectivity index (χ0v) is 9.87. The topological polar surface area (TPSA) is 61.4 Å². The molecule has 1 aliphatic heterocycles. The number of halogens is 3. The van der Waals surface area contributed by atoms with Gasteiger partial charge < -0.3 is 15.7 Å². The first-order valence-corrected chi connectivity index (χ1v) is 5.76. The Morgan fingerprint density at radius 3 is 2.74 bits per heavy atom. The van der Waals surface area contributed by atoms with Crippen molar-refractivity contribution < 1.29 is 23.1 Å². The smallest absolute Gasteiger partial charge is 0.392 e. The highest BCUT2D eigenvalue weighted by molar-refractivity contribution is 5.95. The molecule has 4 nitrogen and oxygen atoms in total. The predicted octanol–water partition coefficient (Wildman–Crippen LogP) is 1.37. The maximum absolute atomic E-state index is 12.5. The van der Waals surface area contributed by atoms with Crippen LogP contribution in [0.4, 0.5) is 18.9 Å². The van der Waals surface area contributed by atoms with Crippen molar-refractivity contribution in [2.24, 2.45) is 0 Å². The van der Waals surface area contributed by atoms with Gasteiger partial charge in [-0.1, -0.05) is 6.07 Å². The Hall–Kier alpha value is -1.60. The third-order valence-electron chi connectivity index (χ3n) is 2.88. The van der Waals surface area contributed by atoms with Gasteiger partial charge in [-0.05, 0) is 24.6 Å². The number of benzene rings is 1. The van der Waals surface area contributed by atoms with Gasteiger partial charge in [0.05, 0.1) is 17.7 Å². The quantitative estimate of drug-likeness (QED) is 0.763. The van der Waals surface area contributed by atoms with Gasteiger partial charge in [0.15, 0.2) is 0 Å². The highest BCUT2D eigenvalue weighted by atomic mass is 19.4. The van der Waals surface area contributed by atoms with Crippen LogP contribution in [0.25, 0.3) is 0 Å². The van der Waals surface area contributed by atoms with Gasteiger partial charge in [0.2, 0.25) is 5.91 Å². The summed E-state index contributed by atoms with van der Waals surface area (Å²) >= 11 is 0. The molecule has 19 heavy (non-hydrogen) atoms. The molecular formula is C12H13F3N2O2. The molecule has 1 amide bonds. The van der Waals surface area contributed by atoms with E-state index in [0.29, 0.717) is 6.54 Å². The molecule has 1 heterocycles. The highest BCUT2D eigenvalue weighted by Gasteiger charge is 2.31. The Morgan fingerprint density at radius 2 is 2.16 bits per heavy atom. The Balaban J connectivity index is 2.05. The number of anilines is 1. The zero-order chi connectivity index (χ0) is 14.0. The summed E-state index contributed by atoms with van der Waals surface area (Å²) in [6.07, 6.45) is -4.79. The first-order valence-electron chi connectivity index (χ1n) is 5.76. The predicted molar refractivity (Wildman–Crippen MR) is 62.5 cm³/mol. The number of nitrogens with one attached hydrogen (secondary N) is 2. The summed E-state index contributed by atoms with van der Waals surface area (Å²) in [7, 11) is 0. The van der Waals surface area contributed by atoms with E-state index in [2.05, 4.69) is 10.6 Å². The number of carbonyl (C=O) groups is 1. The van der Waals surface area contributed by atoms with Crippen LogP contribution < -0.4 is 10.6 Å². The minimum Gasteiger partial charge on any atom is -0.392 e. The molecule has 2 atom stereocenters. The number of aliphatic hydroxyl groups excluding tert-OH is 1. The summed E-state index contributed by atoms with van der Waals surface area (Å²) in [6.45, 7) is 0.306. The molecule has 1 saturated heterocycles. The monoisotopic (exact) mass is 274 g/mol. The molecule has 1 aromatic carbocycles. The fourth-order valence-electron chi connectivity index (χ4n) is 1.92. The van der Waals surface area contributed by atoms with Crippen molar-refractivity contribution in [3.8, 4) is 0 Å². The van der Waals surface area contributed by atoms with Gasteiger partial charge in [0, 0.05) is 12.2 Å². The van der Waals surface area contributed by atoms with E-state index in [1.165, 1.54) is 12.1 Å². The number of hydrogen-bond donors (Lipinski definition) is 3. The second-order valence-electron chi connectivity index (χ2n) is 4.42. The highest BCUT2D eigenvalue weighted by Crippen LogP contribution is 2.30. The second-order valence-corrected chi connectivity index (χ2v) is 4.42. The molecular weight excluding hydrogens is 261 g/mol. The number of aliphatic hydroxyl groups is 1. The Labute approximate surface area is 107 Å². The lowest BCUT2D eigenvalue weighted by atomic mass is 10.1. The summed E-state index contributed by atoms with van der Waals surface area (Å²) in [5.41, 5.74) is -0.729. The van der Waals surface area contributed by atoms with E-state index in [-0.39, 0.29) is 12.1 Å². The largest absolute Gasteiger partial charge is 0.416 e. The standard InChI is InChI=1S/C12H13F3N2O2/c13-12(14,15)7-2-1-3-8(4-7)17-11(19)10-5-9(18)6-16-10/h1-4,9-10,16,18H,5-6H2,(H,17,19). The second kappa shape index (κ2) is 5.18. The summed E-state index contributed by atoms with van der Waals surface area (Å²) < 4.78 is 37.5. The van der Waals surface area contributed by atoms with Crippen LogP contribution in [-0.4, -0.2) is 29.7 Å². The molecule has 104 valence electrons. The first kappa shape index (κ1) is 13.8. The Kier molecular flexibility index (Phi) is 3.77. The minimum absolute atomic E-state index is 0.0861. The number of alkyl halides is 3. The molecule has 0 aliphatic carbocycles. The van der Waals surface area contributed by atoms with E-state index < -0.39 is 29.8 Å². The third-order valence-corrected chi connectivity index (χ3v) is 2.88. The molecule has 0 saturated carbocycles. The Bertz CT molecular complexity index is 476. The van der Waals surface area contributed by atoms with Crippen molar-refractivity contribution in [3.63, 3.8) is 0 Å². The van der Waals surface area contributed by atoms with Gasteiger partial charge in [0.25, 0.3) is 0 Å². The third kappa shape index (κ3) is 3.45. The van der Waals surface area contributed by atoms with Gasteiger partial charge >= 0.3 is 6.18 Å². The molecule has 1 aromatic rings. The van der Waals surface area contributed by atoms with Gasteiger partial charge in [-0.2, -0.15) is 13.2 Å². The fraction of sp³-hybridized carbons (Fsp3) is 0.417. The maximum atomic E-state index is 12.5. The van der Waals surface area contributed by atoms with Crippen LogP contribution in [-0.2, 0) is 11.0 Å². The van der Waals surface area contributed by atoms with Crippen molar-refractivity contribution in [1.82, 2.24) is 5.32 Å². The van der Waals surface area contributed by atoms with E-state index in [1.54, 1.807) is 0 Å². The molecule has 2 unspecified atom stereocenters. The fourth-order valence-corrected chi connectivity index (χ4v) is 1.92. The Morgan fingerprint density at radius 1 is 1.42 bits per heavy atom. The lowest BCUT2D eigenvalue weighted by molar-refractivity contribution is -0.137. The molecule has 0 radical (unpaired) electrons. The van der Waals surface area contributed by atoms with Gasteiger partial charge in [-0.25, -0.2) is 0 Å². The van der Waals surface area contributed by atoms with Crippen molar-refractivity contribution in [1.29, 1.82) is 0 Å². The summed E-state index contributed by atoms with van der Waals surface area (Å²) in [5.74, 6) is -0.448. The van der Waals surface area contributed by atoms with Gasteiger partial charge in [0.1, 0.15) is 0 Å². The SMILES string of the molecule is O=C(Nc1cccc(C(F)(F)F)c1)C1CC(O)CN1. The average Bonchev–Trinajstić information content (AvgIpc) is 2.75. The molecule has 1 fully saturated rings. The van der Waals surface area contributed by atoms with E-state index in [4.69, 9.17) is 0 Å². The van der Waals surface area contributed by atoms with Crippen molar-refractivity contribution in [2.75, 3.05) is 11.9 Å². The molecule has 0 aromatic heterocycles. The van der Waals surface area contributed by atoms with Crippen LogP contribution in [0.5, 0.6) is 0 Å². The van der Waals surface area contributed by atoms with Crippen LogP contribution in [0.2, 0.25) is 0 Å². The zero-order valence-electron chi connectivity index (χ0n) is 9.87. The molecule has 3 N–H and O–H groups in total. The molecule has 2 rings (SSSR count). The van der Waals surface area contributed by atoms with Crippen molar-refractivity contribution >= 4 is 11.6 Å². The normalized spacial score (nSPS) is 23.4. The van der Waals surface area contributed by atoms with Crippen LogP contribution in [0.1, 0.15) is 12.0 Å².